The first-order chi connectivity index (χ1) is 11.4. The van der Waals surface area contributed by atoms with Gasteiger partial charge in [0, 0.05) is 0 Å². The fourth-order valence-electron chi connectivity index (χ4n) is 2.56. The highest BCUT2D eigenvalue weighted by Gasteiger charge is 2.23. The molecular formula is C19H35NO4. The molecule has 5 nitrogen and oxygen atoms in total. The van der Waals surface area contributed by atoms with E-state index in [9.17, 15) is 14.7 Å². The van der Waals surface area contributed by atoms with Crippen molar-refractivity contribution < 1.29 is 19.4 Å². The van der Waals surface area contributed by atoms with Crippen molar-refractivity contribution in [2.75, 3.05) is 0 Å². The fourth-order valence-corrected chi connectivity index (χ4v) is 2.56. The van der Waals surface area contributed by atoms with Crippen LogP contribution in [0.2, 0.25) is 0 Å². The number of aliphatic carboxylic acids is 1. The molecule has 0 saturated carbocycles. The molecule has 0 aliphatic heterocycles. The molecule has 140 valence electrons. The minimum absolute atomic E-state index is 0.182. The monoisotopic (exact) mass is 341 g/mol. The van der Waals surface area contributed by atoms with Gasteiger partial charge in [-0.3, -0.25) is 0 Å². The van der Waals surface area contributed by atoms with Crippen LogP contribution < -0.4 is 5.32 Å². The van der Waals surface area contributed by atoms with Crippen molar-refractivity contribution in [3.05, 3.63) is 12.7 Å². The van der Waals surface area contributed by atoms with Crippen molar-refractivity contribution in [2.45, 2.75) is 90.7 Å². The zero-order valence-electron chi connectivity index (χ0n) is 15.6. The zero-order chi connectivity index (χ0) is 18.4. The van der Waals surface area contributed by atoms with E-state index in [-0.39, 0.29) is 12.0 Å². The van der Waals surface area contributed by atoms with Gasteiger partial charge >= 0.3 is 12.1 Å². The summed E-state index contributed by atoms with van der Waals surface area (Å²) in [5.41, 5.74) is 0. The number of carbonyl (C=O) groups is 2. The summed E-state index contributed by atoms with van der Waals surface area (Å²) in [6, 6.07) is -0.901. The molecule has 0 aromatic rings. The molecule has 5 heteroatoms. The minimum Gasteiger partial charge on any atom is -0.480 e. The summed E-state index contributed by atoms with van der Waals surface area (Å²) in [6.45, 7) is 9.73. The summed E-state index contributed by atoms with van der Waals surface area (Å²) in [6.07, 6.45) is 9.48. The van der Waals surface area contributed by atoms with Crippen LogP contribution in [0.3, 0.4) is 0 Å². The van der Waals surface area contributed by atoms with E-state index < -0.39 is 18.1 Å². The van der Waals surface area contributed by atoms with Crippen molar-refractivity contribution in [1.82, 2.24) is 5.32 Å². The summed E-state index contributed by atoms with van der Waals surface area (Å²) in [4.78, 5) is 23.2. The Morgan fingerprint density at radius 3 is 2.38 bits per heavy atom. The highest BCUT2D eigenvalue weighted by Crippen LogP contribution is 2.15. The number of nitrogens with one attached hydrogen (secondary N) is 1. The lowest BCUT2D eigenvalue weighted by Crippen LogP contribution is -2.43. The molecule has 0 aromatic heterocycles. The number of amides is 1. The quantitative estimate of drug-likeness (QED) is 0.348. The Bertz CT molecular complexity index is 368. The third-order valence-corrected chi connectivity index (χ3v) is 3.89. The van der Waals surface area contributed by atoms with Crippen molar-refractivity contribution in [3.8, 4) is 0 Å². The van der Waals surface area contributed by atoms with Gasteiger partial charge in [-0.25, -0.2) is 9.59 Å². The zero-order valence-corrected chi connectivity index (χ0v) is 15.6. The molecule has 0 rings (SSSR count). The van der Waals surface area contributed by atoms with Crippen LogP contribution >= 0.6 is 0 Å². The number of carbonyl (C=O) groups excluding carboxylic acids is 1. The van der Waals surface area contributed by atoms with Gasteiger partial charge in [-0.05, 0) is 38.0 Å². The van der Waals surface area contributed by atoms with Gasteiger partial charge in [0.25, 0.3) is 0 Å². The first-order valence-electron chi connectivity index (χ1n) is 9.21. The van der Waals surface area contributed by atoms with Crippen LogP contribution in [0.15, 0.2) is 12.7 Å². The topological polar surface area (TPSA) is 75.6 Å². The number of carboxylic acid groups (broad SMARTS) is 1. The second-order valence-electron chi connectivity index (χ2n) is 6.76. The summed E-state index contributed by atoms with van der Waals surface area (Å²) in [5.74, 6) is -0.843. The van der Waals surface area contributed by atoms with E-state index in [4.69, 9.17) is 4.74 Å². The van der Waals surface area contributed by atoms with Crippen LogP contribution in [0.4, 0.5) is 4.79 Å². The van der Waals surface area contributed by atoms with Crippen molar-refractivity contribution in [2.24, 2.45) is 5.92 Å². The number of ether oxygens (including phenoxy) is 1. The molecule has 0 fully saturated rings. The molecule has 0 heterocycles. The van der Waals surface area contributed by atoms with Crippen LogP contribution in [-0.4, -0.2) is 29.3 Å². The number of allylic oxidation sites excluding steroid dienone is 1. The summed E-state index contributed by atoms with van der Waals surface area (Å²) >= 11 is 0. The highest BCUT2D eigenvalue weighted by atomic mass is 16.6. The van der Waals surface area contributed by atoms with Crippen molar-refractivity contribution in [3.63, 3.8) is 0 Å². The maximum absolute atomic E-state index is 12.0. The van der Waals surface area contributed by atoms with E-state index in [1.807, 2.05) is 19.9 Å². The van der Waals surface area contributed by atoms with Crippen LogP contribution in [0.25, 0.3) is 0 Å². The van der Waals surface area contributed by atoms with Crippen LogP contribution in [0.1, 0.15) is 78.6 Å². The predicted molar refractivity (Wildman–Crippen MR) is 97.1 cm³/mol. The number of hydrogen-bond acceptors (Lipinski definition) is 3. The van der Waals surface area contributed by atoms with E-state index in [1.165, 1.54) is 19.3 Å². The van der Waals surface area contributed by atoms with E-state index in [2.05, 4.69) is 18.8 Å². The Kier molecular flexibility index (Phi) is 13.0. The van der Waals surface area contributed by atoms with Crippen LogP contribution in [-0.2, 0) is 9.53 Å². The van der Waals surface area contributed by atoms with Gasteiger partial charge in [0.2, 0.25) is 0 Å². The molecule has 0 aliphatic rings. The Labute approximate surface area is 146 Å². The minimum atomic E-state index is -1.03. The summed E-state index contributed by atoms with van der Waals surface area (Å²) in [7, 11) is 0. The van der Waals surface area contributed by atoms with Gasteiger partial charge in [-0.2, -0.15) is 0 Å². The van der Waals surface area contributed by atoms with E-state index in [0.29, 0.717) is 6.42 Å². The largest absolute Gasteiger partial charge is 0.480 e. The third kappa shape index (κ3) is 12.0. The van der Waals surface area contributed by atoms with Crippen molar-refractivity contribution in [1.29, 1.82) is 0 Å². The lowest BCUT2D eigenvalue weighted by molar-refractivity contribution is -0.139. The molecule has 0 radical (unpaired) electrons. The second-order valence-corrected chi connectivity index (χ2v) is 6.76. The molecule has 2 atom stereocenters. The van der Waals surface area contributed by atoms with Gasteiger partial charge in [0.1, 0.15) is 12.1 Å². The number of rotatable bonds is 14. The molecule has 0 bridgehead atoms. The van der Waals surface area contributed by atoms with E-state index in [1.54, 1.807) is 0 Å². The number of carboxylic acids is 1. The molecule has 0 spiro atoms. The Morgan fingerprint density at radius 2 is 1.83 bits per heavy atom. The highest BCUT2D eigenvalue weighted by molar-refractivity contribution is 5.79. The number of hydrogen-bond donors (Lipinski definition) is 2. The van der Waals surface area contributed by atoms with Gasteiger partial charge in [-0.15, -0.1) is 6.58 Å². The van der Waals surface area contributed by atoms with Gasteiger partial charge in [0.05, 0.1) is 0 Å². The molecule has 1 amide bonds. The number of alkyl carbamates (subject to hydrolysis) is 1. The molecule has 0 aromatic carbocycles. The third-order valence-electron chi connectivity index (χ3n) is 3.89. The normalized spacial score (nSPS) is 13.3. The van der Waals surface area contributed by atoms with Crippen molar-refractivity contribution >= 4 is 12.1 Å². The van der Waals surface area contributed by atoms with Gasteiger partial charge in [0.15, 0.2) is 0 Å². The summed E-state index contributed by atoms with van der Waals surface area (Å²) < 4.78 is 5.46. The molecule has 0 saturated heterocycles. The fraction of sp³-hybridized carbons (Fsp3) is 0.789. The molecule has 0 aliphatic carbocycles. The second kappa shape index (κ2) is 13.9. The summed E-state index contributed by atoms with van der Waals surface area (Å²) in [5, 5.41) is 11.7. The smallest absolute Gasteiger partial charge is 0.408 e. The first kappa shape index (κ1) is 22.5. The maximum Gasteiger partial charge on any atom is 0.408 e. The van der Waals surface area contributed by atoms with Crippen LogP contribution in [0, 0.1) is 5.92 Å². The Balaban J connectivity index is 4.38. The molecule has 1 unspecified atom stereocenters. The average Bonchev–Trinajstić information content (AvgIpc) is 2.50. The van der Waals surface area contributed by atoms with Gasteiger partial charge in [-0.1, -0.05) is 52.5 Å². The maximum atomic E-state index is 12.0. The Hall–Kier alpha value is -1.52. The molecular weight excluding hydrogens is 306 g/mol. The van der Waals surface area contributed by atoms with Crippen LogP contribution in [0.5, 0.6) is 0 Å². The lowest BCUT2D eigenvalue weighted by Gasteiger charge is -2.21. The number of unbranched alkanes of at least 4 members (excludes halogenated alkanes) is 4. The van der Waals surface area contributed by atoms with E-state index in [0.717, 1.165) is 32.1 Å². The first-order valence-corrected chi connectivity index (χ1v) is 9.21. The SMILES string of the molecule is C=CCCC(CCCCCCC)OC(=O)N[C@@H](CC(C)C)C(=O)O. The Morgan fingerprint density at radius 1 is 1.17 bits per heavy atom. The predicted octanol–water partition coefficient (Wildman–Crippen LogP) is 4.91. The van der Waals surface area contributed by atoms with Gasteiger partial charge < -0.3 is 15.2 Å². The lowest BCUT2D eigenvalue weighted by atomic mass is 10.0. The standard InChI is InChI=1S/C19H35NO4/c1-5-7-9-10-11-13-16(12-8-6-2)24-19(23)20-17(18(21)22)14-15(3)4/h6,15-17H,2,5,7-14H2,1,3-4H3,(H,20,23)(H,21,22)/t16?,17-/m0/s1. The average molecular weight is 341 g/mol. The molecule has 24 heavy (non-hydrogen) atoms. The molecule has 2 N–H and O–H groups in total. The van der Waals surface area contributed by atoms with E-state index >= 15 is 0 Å².